The van der Waals surface area contributed by atoms with E-state index < -0.39 is 0 Å². The minimum Gasteiger partial charge on any atom is -0.327 e. The molecular formula is C9H17N. The van der Waals surface area contributed by atoms with Crippen LogP contribution in [0.25, 0.3) is 0 Å². The van der Waals surface area contributed by atoms with Crippen molar-refractivity contribution in [3.05, 3.63) is 23.8 Å². The molecule has 1 nitrogen and oxygen atoms in total. The van der Waals surface area contributed by atoms with E-state index in [0.717, 1.165) is 12.8 Å². The monoisotopic (exact) mass is 139 g/mol. The molecule has 0 heterocycles. The molecule has 0 aliphatic carbocycles. The van der Waals surface area contributed by atoms with Crippen LogP contribution in [-0.2, 0) is 0 Å². The van der Waals surface area contributed by atoms with Crippen LogP contribution in [0.4, 0.5) is 0 Å². The average Bonchev–Trinajstić information content (AvgIpc) is 1.87. The standard InChI is InChI=1S/C9H17N/c1-8(2)5-4-6-9(3)7-10/h6H,1,4-5,7,10H2,2-3H3. The van der Waals surface area contributed by atoms with Crippen molar-refractivity contribution in [2.75, 3.05) is 6.54 Å². The lowest BCUT2D eigenvalue weighted by atomic mass is 10.1. The summed E-state index contributed by atoms with van der Waals surface area (Å²) in [5, 5.41) is 0. The average molecular weight is 139 g/mol. The highest BCUT2D eigenvalue weighted by molar-refractivity contribution is 5.01. The Morgan fingerprint density at radius 1 is 1.50 bits per heavy atom. The highest BCUT2D eigenvalue weighted by Gasteiger charge is 1.85. The zero-order chi connectivity index (χ0) is 7.98. The SMILES string of the molecule is C=C(C)CCC=C(C)CN. The van der Waals surface area contributed by atoms with Gasteiger partial charge < -0.3 is 5.73 Å². The molecular weight excluding hydrogens is 122 g/mol. The van der Waals surface area contributed by atoms with Crippen molar-refractivity contribution in [2.24, 2.45) is 5.73 Å². The van der Waals surface area contributed by atoms with E-state index >= 15 is 0 Å². The summed E-state index contributed by atoms with van der Waals surface area (Å²) in [6.07, 6.45) is 4.34. The highest BCUT2D eigenvalue weighted by Crippen LogP contribution is 2.02. The lowest BCUT2D eigenvalue weighted by molar-refractivity contribution is 0.962. The second-order valence-electron chi connectivity index (χ2n) is 2.75. The highest BCUT2D eigenvalue weighted by atomic mass is 14.5. The van der Waals surface area contributed by atoms with Gasteiger partial charge in [-0.25, -0.2) is 0 Å². The zero-order valence-corrected chi connectivity index (χ0v) is 6.98. The maximum absolute atomic E-state index is 5.40. The molecule has 0 aromatic rings. The van der Waals surface area contributed by atoms with Crippen molar-refractivity contribution in [1.29, 1.82) is 0 Å². The third-order valence-electron chi connectivity index (χ3n) is 1.39. The molecule has 0 aliphatic heterocycles. The summed E-state index contributed by atoms with van der Waals surface area (Å²) < 4.78 is 0. The van der Waals surface area contributed by atoms with Crippen LogP contribution in [0.3, 0.4) is 0 Å². The summed E-state index contributed by atoms with van der Waals surface area (Å²) in [7, 11) is 0. The van der Waals surface area contributed by atoms with E-state index in [1.54, 1.807) is 0 Å². The molecule has 1 heteroatoms. The van der Waals surface area contributed by atoms with E-state index in [1.165, 1.54) is 11.1 Å². The van der Waals surface area contributed by atoms with Crippen LogP contribution in [-0.4, -0.2) is 6.54 Å². The molecule has 0 aromatic carbocycles. The van der Waals surface area contributed by atoms with Crippen molar-refractivity contribution in [2.45, 2.75) is 26.7 Å². The fourth-order valence-electron chi connectivity index (χ4n) is 0.648. The van der Waals surface area contributed by atoms with Crippen LogP contribution in [0.5, 0.6) is 0 Å². The summed E-state index contributed by atoms with van der Waals surface area (Å²) >= 11 is 0. The molecule has 0 saturated carbocycles. The van der Waals surface area contributed by atoms with E-state index in [1.807, 2.05) is 6.92 Å². The van der Waals surface area contributed by atoms with Gasteiger partial charge in [0.25, 0.3) is 0 Å². The molecule has 58 valence electrons. The Kier molecular flexibility index (Phi) is 4.95. The first-order valence-corrected chi connectivity index (χ1v) is 3.67. The molecule has 0 bridgehead atoms. The van der Waals surface area contributed by atoms with E-state index in [9.17, 15) is 0 Å². The molecule has 0 atom stereocenters. The van der Waals surface area contributed by atoms with E-state index in [4.69, 9.17) is 5.73 Å². The Hall–Kier alpha value is -0.560. The second kappa shape index (κ2) is 5.24. The molecule has 0 fully saturated rings. The van der Waals surface area contributed by atoms with Gasteiger partial charge in [0.1, 0.15) is 0 Å². The maximum Gasteiger partial charge on any atom is 0.0134 e. The van der Waals surface area contributed by atoms with Gasteiger partial charge in [-0.05, 0) is 26.7 Å². The summed E-state index contributed by atoms with van der Waals surface area (Å²) in [5.41, 5.74) is 7.90. The molecule has 0 amide bonds. The fourth-order valence-corrected chi connectivity index (χ4v) is 0.648. The van der Waals surface area contributed by atoms with Crippen molar-refractivity contribution in [1.82, 2.24) is 0 Å². The van der Waals surface area contributed by atoms with Gasteiger partial charge in [0.05, 0.1) is 0 Å². The topological polar surface area (TPSA) is 26.0 Å². The smallest absolute Gasteiger partial charge is 0.0134 e. The fraction of sp³-hybridized carbons (Fsp3) is 0.556. The van der Waals surface area contributed by atoms with Crippen molar-refractivity contribution >= 4 is 0 Å². The predicted molar refractivity (Wildman–Crippen MR) is 46.9 cm³/mol. The van der Waals surface area contributed by atoms with Crippen LogP contribution in [0.15, 0.2) is 23.8 Å². The maximum atomic E-state index is 5.40. The van der Waals surface area contributed by atoms with Gasteiger partial charge in [-0.2, -0.15) is 0 Å². The summed E-state index contributed by atoms with van der Waals surface area (Å²) in [5.74, 6) is 0. The Morgan fingerprint density at radius 3 is 2.50 bits per heavy atom. The number of allylic oxidation sites excluding steroid dienone is 2. The van der Waals surface area contributed by atoms with Gasteiger partial charge in [0.2, 0.25) is 0 Å². The second-order valence-corrected chi connectivity index (χ2v) is 2.75. The minimum atomic E-state index is 0.677. The van der Waals surface area contributed by atoms with E-state index in [0.29, 0.717) is 6.54 Å². The largest absolute Gasteiger partial charge is 0.327 e. The molecule has 0 unspecified atom stereocenters. The molecule has 0 spiro atoms. The number of nitrogens with two attached hydrogens (primary N) is 1. The van der Waals surface area contributed by atoms with Gasteiger partial charge in [-0.15, -0.1) is 6.58 Å². The van der Waals surface area contributed by atoms with Gasteiger partial charge in [0.15, 0.2) is 0 Å². The Balaban J connectivity index is 3.43. The molecule has 0 aromatic heterocycles. The Bertz CT molecular complexity index is 134. The summed E-state index contributed by atoms with van der Waals surface area (Å²) in [4.78, 5) is 0. The Labute approximate surface area is 63.6 Å². The van der Waals surface area contributed by atoms with Crippen LogP contribution in [0.1, 0.15) is 26.7 Å². The molecule has 0 aliphatic rings. The van der Waals surface area contributed by atoms with Crippen LogP contribution < -0.4 is 5.73 Å². The summed E-state index contributed by atoms with van der Waals surface area (Å²) in [6.45, 7) is 8.60. The van der Waals surface area contributed by atoms with Crippen molar-refractivity contribution in [3.8, 4) is 0 Å². The number of rotatable bonds is 4. The molecule has 0 rings (SSSR count). The minimum absolute atomic E-state index is 0.677. The van der Waals surface area contributed by atoms with Gasteiger partial charge in [-0.1, -0.05) is 17.2 Å². The first-order chi connectivity index (χ1) is 4.66. The summed E-state index contributed by atoms with van der Waals surface area (Å²) in [6, 6.07) is 0. The van der Waals surface area contributed by atoms with E-state index in [-0.39, 0.29) is 0 Å². The lowest BCUT2D eigenvalue weighted by Crippen LogP contribution is -1.99. The Morgan fingerprint density at radius 2 is 2.10 bits per heavy atom. The molecule has 2 N–H and O–H groups in total. The predicted octanol–water partition coefficient (Wildman–Crippen LogP) is 2.25. The van der Waals surface area contributed by atoms with Crippen molar-refractivity contribution < 1.29 is 0 Å². The van der Waals surface area contributed by atoms with Crippen molar-refractivity contribution in [3.63, 3.8) is 0 Å². The third kappa shape index (κ3) is 5.57. The van der Waals surface area contributed by atoms with Crippen LogP contribution in [0, 0.1) is 0 Å². The number of hydrogen-bond acceptors (Lipinski definition) is 1. The van der Waals surface area contributed by atoms with Crippen LogP contribution in [0.2, 0.25) is 0 Å². The quantitative estimate of drug-likeness (QED) is 0.594. The molecule has 10 heavy (non-hydrogen) atoms. The molecule has 0 radical (unpaired) electrons. The van der Waals surface area contributed by atoms with Gasteiger partial charge >= 0.3 is 0 Å². The zero-order valence-electron chi connectivity index (χ0n) is 6.98. The lowest BCUT2D eigenvalue weighted by Gasteiger charge is -1.95. The molecule has 0 saturated heterocycles. The van der Waals surface area contributed by atoms with Gasteiger partial charge in [0, 0.05) is 6.54 Å². The number of hydrogen-bond donors (Lipinski definition) is 1. The normalized spacial score (nSPS) is 11.7. The van der Waals surface area contributed by atoms with Gasteiger partial charge in [-0.3, -0.25) is 0 Å². The first-order valence-electron chi connectivity index (χ1n) is 3.67. The third-order valence-corrected chi connectivity index (χ3v) is 1.39. The van der Waals surface area contributed by atoms with Crippen LogP contribution >= 0.6 is 0 Å². The first kappa shape index (κ1) is 9.44. The van der Waals surface area contributed by atoms with E-state index in [2.05, 4.69) is 19.6 Å².